The van der Waals surface area contributed by atoms with Gasteiger partial charge in [0.25, 0.3) is 0 Å². The lowest BCUT2D eigenvalue weighted by Gasteiger charge is -2.26. The van der Waals surface area contributed by atoms with Gasteiger partial charge in [-0.3, -0.25) is 13.8 Å². The van der Waals surface area contributed by atoms with Crippen molar-refractivity contribution >= 4 is 13.7 Å². The summed E-state index contributed by atoms with van der Waals surface area (Å²) in [6.45, 7) is 4.90. The molecule has 0 aliphatic heterocycles. The summed E-state index contributed by atoms with van der Waals surface area (Å²) in [4.78, 5) is 23.1. The van der Waals surface area contributed by atoms with Crippen LogP contribution in [0.1, 0.15) is 232 Å². The van der Waals surface area contributed by atoms with Crippen LogP contribution in [0.25, 0.3) is 0 Å². The van der Waals surface area contributed by atoms with Gasteiger partial charge in [-0.05, 0) is 12.8 Å². The van der Waals surface area contributed by atoms with Crippen LogP contribution >= 0.6 is 7.82 Å². The van der Waals surface area contributed by atoms with E-state index in [9.17, 15) is 19.4 Å². The first kappa shape index (κ1) is 53.5. The van der Waals surface area contributed by atoms with Gasteiger partial charge in [0.15, 0.2) is 0 Å². The summed E-state index contributed by atoms with van der Waals surface area (Å²) in [5, 5.41) is 14.0. The van der Waals surface area contributed by atoms with Gasteiger partial charge in [-0.25, -0.2) is 4.57 Å². The zero-order valence-corrected chi connectivity index (χ0v) is 37.6. The largest absolute Gasteiger partial charge is 0.472 e. The van der Waals surface area contributed by atoms with E-state index in [4.69, 9.17) is 9.05 Å². The van der Waals surface area contributed by atoms with Gasteiger partial charge in [-0.2, -0.15) is 0 Å². The molecule has 54 heavy (non-hydrogen) atoms. The normalized spacial score (nSPS) is 14.3. The third kappa shape index (κ3) is 39.7. The topological polar surface area (TPSA) is 105 Å². The summed E-state index contributed by atoms with van der Waals surface area (Å²) in [6, 6.07) is -0.752. The maximum Gasteiger partial charge on any atom is 0.472 e. The number of nitrogens with one attached hydrogen (secondary N) is 1. The number of hydrogen-bond donors (Lipinski definition) is 3. The Kier molecular flexibility index (Phi) is 37.7. The van der Waals surface area contributed by atoms with E-state index in [1.54, 1.807) is 0 Å². The van der Waals surface area contributed by atoms with Crippen LogP contribution in [0, 0.1) is 0 Å². The fourth-order valence-electron chi connectivity index (χ4n) is 7.11. The zero-order valence-electron chi connectivity index (χ0n) is 36.7. The number of aliphatic hydroxyl groups excluding tert-OH is 1. The lowest BCUT2D eigenvalue weighted by atomic mass is 10.0. The number of likely N-dealkylation sites (N-methyl/N-ethyl adjacent to an activating group) is 1. The minimum absolute atomic E-state index is 0.0785. The summed E-state index contributed by atoms with van der Waals surface area (Å²) < 4.78 is 23.6. The maximum atomic E-state index is 12.8. The highest BCUT2D eigenvalue weighted by molar-refractivity contribution is 7.47. The number of phosphoric ester groups is 1. The number of unbranched alkanes of at least 4 members (excludes halogenated alkanes) is 30. The molecule has 1 amide bonds. The number of nitrogens with zero attached hydrogens (tertiary/aromatic N) is 1. The molecular weight excluding hydrogens is 695 g/mol. The first-order valence-electron chi connectivity index (χ1n) is 23.4. The molecule has 0 aromatic heterocycles. The van der Waals surface area contributed by atoms with Gasteiger partial charge in [0.05, 0.1) is 39.9 Å². The fraction of sp³-hybridized carbons (Fsp3) is 0.978. The molecule has 0 rings (SSSR count). The molecule has 0 aliphatic rings. The van der Waals surface area contributed by atoms with Crippen molar-refractivity contribution in [2.45, 2.75) is 244 Å². The highest BCUT2D eigenvalue weighted by Gasteiger charge is 2.28. The predicted molar refractivity (Wildman–Crippen MR) is 231 cm³/mol. The minimum Gasteiger partial charge on any atom is -0.391 e. The van der Waals surface area contributed by atoms with Gasteiger partial charge in [-0.15, -0.1) is 0 Å². The minimum atomic E-state index is -4.31. The molecule has 3 unspecified atom stereocenters. The Morgan fingerprint density at radius 3 is 1.24 bits per heavy atom. The van der Waals surface area contributed by atoms with Crippen molar-refractivity contribution < 1.29 is 32.9 Å². The SMILES string of the molecule is CCCCCCCCCCCCCCCCCCCCCCCC(O)C(COP(=O)(O)OCC[N+](C)(C)C)NC(=O)CCCCCCCCCCCCC. The number of phosphoric acid groups is 1. The molecule has 0 aromatic rings. The highest BCUT2D eigenvalue weighted by Crippen LogP contribution is 2.43. The number of rotatable bonds is 43. The molecule has 0 spiro atoms. The Hall–Kier alpha value is -0.500. The molecule has 9 heteroatoms. The quantitative estimate of drug-likeness (QED) is 0.0323. The molecule has 0 aromatic carbocycles. The first-order chi connectivity index (χ1) is 26.0. The Labute approximate surface area is 336 Å². The van der Waals surface area contributed by atoms with Crippen LogP contribution in [-0.2, 0) is 18.4 Å². The number of aliphatic hydroxyl groups is 1. The Morgan fingerprint density at radius 1 is 0.556 bits per heavy atom. The van der Waals surface area contributed by atoms with Crippen molar-refractivity contribution in [2.75, 3.05) is 40.9 Å². The molecule has 0 bridgehead atoms. The van der Waals surface area contributed by atoms with E-state index in [2.05, 4.69) is 19.2 Å². The van der Waals surface area contributed by atoms with Gasteiger partial charge in [-0.1, -0.05) is 213 Å². The zero-order chi connectivity index (χ0) is 40.0. The van der Waals surface area contributed by atoms with Gasteiger partial charge in [0, 0.05) is 6.42 Å². The second-order valence-electron chi connectivity index (χ2n) is 17.5. The van der Waals surface area contributed by atoms with Crippen molar-refractivity contribution in [3.63, 3.8) is 0 Å². The number of carbonyl (C=O) groups is 1. The number of quaternary nitrogens is 1. The van der Waals surface area contributed by atoms with E-state index < -0.39 is 20.0 Å². The summed E-state index contributed by atoms with van der Waals surface area (Å²) in [5.74, 6) is -0.143. The molecule has 0 fully saturated rings. The molecule has 8 nitrogen and oxygen atoms in total. The predicted octanol–water partition coefficient (Wildman–Crippen LogP) is 13.0. The Bertz CT molecular complexity index is 855. The summed E-state index contributed by atoms with van der Waals surface area (Å²) in [7, 11) is 1.63. The van der Waals surface area contributed by atoms with E-state index in [1.807, 2.05) is 21.1 Å². The molecule has 324 valence electrons. The van der Waals surface area contributed by atoms with Crippen molar-refractivity contribution in [3.05, 3.63) is 0 Å². The Balaban J connectivity index is 4.22. The van der Waals surface area contributed by atoms with Crippen LogP contribution in [-0.4, -0.2) is 73.4 Å². The van der Waals surface area contributed by atoms with Gasteiger partial charge in [0.1, 0.15) is 13.2 Å². The van der Waals surface area contributed by atoms with Crippen LogP contribution in [0.15, 0.2) is 0 Å². The fourth-order valence-corrected chi connectivity index (χ4v) is 7.84. The monoisotopic (exact) mass is 790 g/mol. The molecule has 0 heterocycles. The second kappa shape index (κ2) is 38.0. The molecular formula is C45H94N2O6P+. The maximum absolute atomic E-state index is 12.8. The molecule has 3 N–H and O–H groups in total. The van der Waals surface area contributed by atoms with Crippen molar-refractivity contribution in [2.24, 2.45) is 0 Å². The molecule has 0 radical (unpaired) electrons. The van der Waals surface area contributed by atoms with Crippen molar-refractivity contribution in [1.82, 2.24) is 5.32 Å². The molecule has 3 atom stereocenters. The smallest absolute Gasteiger partial charge is 0.391 e. The van der Waals surface area contributed by atoms with Crippen LogP contribution in [0.5, 0.6) is 0 Å². The van der Waals surface area contributed by atoms with Crippen molar-refractivity contribution in [1.29, 1.82) is 0 Å². The highest BCUT2D eigenvalue weighted by atomic mass is 31.2. The van der Waals surface area contributed by atoms with Crippen LogP contribution in [0.3, 0.4) is 0 Å². The first-order valence-corrected chi connectivity index (χ1v) is 24.9. The van der Waals surface area contributed by atoms with Crippen LogP contribution in [0.2, 0.25) is 0 Å². The van der Waals surface area contributed by atoms with Gasteiger partial charge in [0.2, 0.25) is 5.91 Å². The third-order valence-corrected chi connectivity index (χ3v) is 11.8. The van der Waals surface area contributed by atoms with E-state index in [0.717, 1.165) is 38.5 Å². The van der Waals surface area contributed by atoms with Gasteiger partial charge >= 0.3 is 7.82 Å². The van der Waals surface area contributed by atoms with Crippen LogP contribution in [0.4, 0.5) is 0 Å². The van der Waals surface area contributed by atoms with E-state index in [1.165, 1.54) is 167 Å². The van der Waals surface area contributed by atoms with E-state index >= 15 is 0 Å². The third-order valence-electron chi connectivity index (χ3n) is 10.9. The van der Waals surface area contributed by atoms with Crippen LogP contribution < -0.4 is 5.32 Å². The number of hydrogen-bond acceptors (Lipinski definition) is 5. The number of carbonyl (C=O) groups excluding carboxylic acids is 1. The number of amides is 1. The lowest BCUT2D eigenvalue weighted by molar-refractivity contribution is -0.870. The average molecular weight is 790 g/mol. The average Bonchev–Trinajstić information content (AvgIpc) is 3.12. The van der Waals surface area contributed by atoms with Crippen molar-refractivity contribution in [3.8, 4) is 0 Å². The molecule has 0 saturated heterocycles. The summed E-state index contributed by atoms with van der Waals surface area (Å²) >= 11 is 0. The van der Waals surface area contributed by atoms with E-state index in [0.29, 0.717) is 23.9 Å². The Morgan fingerprint density at radius 2 is 0.889 bits per heavy atom. The lowest BCUT2D eigenvalue weighted by Crippen LogP contribution is -2.46. The summed E-state index contributed by atoms with van der Waals surface area (Å²) in [5.41, 5.74) is 0. The second-order valence-corrected chi connectivity index (χ2v) is 19.0. The molecule has 0 saturated carbocycles. The van der Waals surface area contributed by atoms with Gasteiger partial charge < -0.3 is 19.8 Å². The summed E-state index contributed by atoms with van der Waals surface area (Å²) in [6.07, 6.45) is 41.3. The van der Waals surface area contributed by atoms with E-state index in [-0.39, 0.29) is 19.1 Å². The molecule has 0 aliphatic carbocycles. The standard InChI is InChI=1S/C45H93N2O6P/c1-6-8-10-12-14-16-18-19-20-21-22-23-24-25-26-27-29-30-32-34-36-38-44(48)43(42-53-54(50,51)52-41-40-47(3,4)5)46-45(49)39-37-35-33-31-28-17-15-13-11-9-7-2/h43-44,48H,6-42H2,1-5H3,(H-,46,49,50,51)/p+1.